The molecule has 0 aromatic carbocycles. The Bertz CT molecular complexity index is 278. The monoisotopic (exact) mass is 225 g/mol. The van der Waals surface area contributed by atoms with Crippen molar-refractivity contribution in [3.63, 3.8) is 0 Å². The Balaban J connectivity index is 3.31. The fourth-order valence-electron chi connectivity index (χ4n) is 1.32. The SMILES string of the molecule is CC(=CCCCCCCCN=C=O)C(=O)O. The molecule has 4 nitrogen and oxygen atoms in total. The summed E-state index contributed by atoms with van der Waals surface area (Å²) >= 11 is 0. The molecule has 0 aromatic rings. The molecule has 0 aliphatic carbocycles. The molecule has 4 heteroatoms. The standard InChI is InChI=1S/C12H19NO3/c1-11(12(15)16)8-6-4-2-3-5-7-9-13-10-14/h8H,2-7,9H2,1H3,(H,15,16). The molecule has 0 amide bonds. The maximum absolute atomic E-state index is 10.5. The van der Waals surface area contributed by atoms with E-state index in [9.17, 15) is 9.59 Å². The number of carbonyl (C=O) groups is 1. The fourth-order valence-corrected chi connectivity index (χ4v) is 1.32. The number of hydrogen-bond acceptors (Lipinski definition) is 3. The van der Waals surface area contributed by atoms with Gasteiger partial charge in [-0.15, -0.1) is 0 Å². The number of carbonyl (C=O) groups excluding carboxylic acids is 1. The molecule has 0 aliphatic heterocycles. The summed E-state index contributed by atoms with van der Waals surface area (Å²) in [5, 5.41) is 8.60. The highest BCUT2D eigenvalue weighted by molar-refractivity contribution is 5.85. The van der Waals surface area contributed by atoms with Crippen LogP contribution in [0.5, 0.6) is 0 Å². The van der Waals surface area contributed by atoms with Gasteiger partial charge < -0.3 is 5.11 Å². The van der Waals surface area contributed by atoms with E-state index in [1.54, 1.807) is 13.0 Å². The lowest BCUT2D eigenvalue weighted by Gasteiger charge is -1.98. The van der Waals surface area contributed by atoms with Crippen molar-refractivity contribution in [3.8, 4) is 0 Å². The number of nitrogens with zero attached hydrogens (tertiary/aromatic N) is 1. The number of rotatable bonds is 9. The first-order chi connectivity index (χ1) is 7.68. The first-order valence-electron chi connectivity index (χ1n) is 5.62. The molecule has 0 radical (unpaired) electrons. The molecule has 0 unspecified atom stereocenters. The Hall–Kier alpha value is -1.41. The lowest BCUT2D eigenvalue weighted by atomic mass is 10.1. The van der Waals surface area contributed by atoms with E-state index >= 15 is 0 Å². The molecule has 16 heavy (non-hydrogen) atoms. The number of isocyanates is 1. The predicted octanol–water partition coefficient (Wildman–Crippen LogP) is 2.69. The summed E-state index contributed by atoms with van der Waals surface area (Å²) in [6.07, 6.45) is 9.31. The largest absolute Gasteiger partial charge is 0.478 e. The molecule has 0 heterocycles. The van der Waals surface area contributed by atoms with Gasteiger partial charge in [0.25, 0.3) is 0 Å². The van der Waals surface area contributed by atoms with Crippen LogP contribution in [0.4, 0.5) is 0 Å². The minimum Gasteiger partial charge on any atom is -0.478 e. The van der Waals surface area contributed by atoms with Gasteiger partial charge in [-0.3, -0.25) is 0 Å². The number of carboxylic acid groups (broad SMARTS) is 1. The Labute approximate surface area is 96.1 Å². The van der Waals surface area contributed by atoms with Crippen molar-refractivity contribution in [2.75, 3.05) is 6.54 Å². The van der Waals surface area contributed by atoms with Crippen LogP contribution in [0.2, 0.25) is 0 Å². The van der Waals surface area contributed by atoms with E-state index in [0.29, 0.717) is 12.1 Å². The summed E-state index contributed by atoms with van der Waals surface area (Å²) in [5.41, 5.74) is 0.417. The maximum atomic E-state index is 10.5. The molecule has 0 saturated heterocycles. The molecule has 0 rings (SSSR count). The smallest absolute Gasteiger partial charge is 0.330 e. The zero-order chi connectivity index (χ0) is 12.2. The number of carboxylic acids is 1. The van der Waals surface area contributed by atoms with E-state index in [0.717, 1.165) is 38.5 Å². The van der Waals surface area contributed by atoms with Crippen molar-refractivity contribution in [2.24, 2.45) is 4.99 Å². The van der Waals surface area contributed by atoms with Crippen molar-refractivity contribution in [1.29, 1.82) is 0 Å². The van der Waals surface area contributed by atoms with Gasteiger partial charge in [-0.05, 0) is 26.2 Å². The molecule has 0 spiro atoms. The van der Waals surface area contributed by atoms with Gasteiger partial charge in [0.1, 0.15) is 0 Å². The maximum Gasteiger partial charge on any atom is 0.330 e. The second-order valence-corrected chi connectivity index (χ2v) is 3.72. The van der Waals surface area contributed by atoms with E-state index in [4.69, 9.17) is 5.11 Å². The van der Waals surface area contributed by atoms with Gasteiger partial charge in [0, 0.05) is 5.57 Å². The van der Waals surface area contributed by atoms with Crippen LogP contribution in [0, 0.1) is 0 Å². The highest BCUT2D eigenvalue weighted by Gasteiger charge is 1.97. The lowest BCUT2D eigenvalue weighted by molar-refractivity contribution is -0.132. The lowest BCUT2D eigenvalue weighted by Crippen LogP contribution is -1.95. The average Bonchev–Trinajstić information content (AvgIpc) is 2.26. The van der Waals surface area contributed by atoms with Gasteiger partial charge in [0.05, 0.1) is 6.54 Å². The highest BCUT2D eigenvalue weighted by atomic mass is 16.4. The minimum atomic E-state index is -0.841. The zero-order valence-corrected chi connectivity index (χ0v) is 9.74. The van der Waals surface area contributed by atoms with E-state index in [1.165, 1.54) is 6.08 Å². The average molecular weight is 225 g/mol. The quantitative estimate of drug-likeness (QED) is 0.284. The van der Waals surface area contributed by atoms with Crippen LogP contribution in [0.25, 0.3) is 0 Å². The third kappa shape index (κ3) is 9.16. The summed E-state index contributed by atoms with van der Waals surface area (Å²) in [6.45, 7) is 2.18. The Kier molecular flexibility index (Phi) is 9.23. The van der Waals surface area contributed by atoms with E-state index < -0.39 is 5.97 Å². The summed E-state index contributed by atoms with van der Waals surface area (Å²) in [5.74, 6) is -0.841. The van der Waals surface area contributed by atoms with Crippen LogP contribution in [-0.4, -0.2) is 23.7 Å². The molecular formula is C12H19NO3. The summed E-state index contributed by atoms with van der Waals surface area (Å²) < 4.78 is 0. The summed E-state index contributed by atoms with van der Waals surface area (Å²) in [6, 6.07) is 0. The Morgan fingerprint density at radius 3 is 2.50 bits per heavy atom. The molecule has 0 atom stereocenters. The molecule has 0 aliphatic rings. The molecular weight excluding hydrogens is 206 g/mol. The first-order valence-corrected chi connectivity index (χ1v) is 5.62. The van der Waals surface area contributed by atoms with E-state index in [2.05, 4.69) is 4.99 Å². The third-order valence-electron chi connectivity index (χ3n) is 2.33. The molecule has 0 saturated carbocycles. The van der Waals surface area contributed by atoms with Crippen molar-refractivity contribution >= 4 is 12.0 Å². The fraction of sp³-hybridized carbons (Fsp3) is 0.667. The Morgan fingerprint density at radius 1 is 1.25 bits per heavy atom. The summed E-state index contributed by atoms with van der Waals surface area (Å²) in [7, 11) is 0. The molecule has 1 N–H and O–H groups in total. The third-order valence-corrected chi connectivity index (χ3v) is 2.33. The topological polar surface area (TPSA) is 66.7 Å². The number of allylic oxidation sites excluding steroid dienone is 1. The van der Waals surface area contributed by atoms with Gasteiger partial charge in [-0.2, -0.15) is 0 Å². The first kappa shape index (κ1) is 14.6. The van der Waals surface area contributed by atoms with E-state index in [1.807, 2.05) is 0 Å². The van der Waals surface area contributed by atoms with Crippen LogP contribution in [0.1, 0.15) is 45.4 Å². The van der Waals surface area contributed by atoms with Crippen molar-refractivity contribution in [1.82, 2.24) is 0 Å². The zero-order valence-electron chi connectivity index (χ0n) is 9.74. The van der Waals surface area contributed by atoms with Crippen LogP contribution >= 0.6 is 0 Å². The van der Waals surface area contributed by atoms with Crippen LogP contribution in [0.15, 0.2) is 16.6 Å². The molecule has 0 fully saturated rings. The molecule has 90 valence electrons. The number of aliphatic carboxylic acids is 1. The minimum absolute atomic E-state index is 0.417. The number of unbranched alkanes of at least 4 members (excludes halogenated alkanes) is 5. The van der Waals surface area contributed by atoms with Crippen molar-refractivity contribution < 1.29 is 14.7 Å². The molecule has 0 bridgehead atoms. The van der Waals surface area contributed by atoms with Gasteiger partial charge >= 0.3 is 5.97 Å². The number of aliphatic imine (C=N–C) groups is 1. The highest BCUT2D eigenvalue weighted by Crippen LogP contribution is 2.07. The Morgan fingerprint density at radius 2 is 1.88 bits per heavy atom. The van der Waals surface area contributed by atoms with E-state index in [-0.39, 0.29) is 0 Å². The predicted molar refractivity (Wildman–Crippen MR) is 62.1 cm³/mol. The second-order valence-electron chi connectivity index (χ2n) is 3.72. The van der Waals surface area contributed by atoms with Crippen LogP contribution in [0.3, 0.4) is 0 Å². The van der Waals surface area contributed by atoms with Gasteiger partial charge in [-0.1, -0.05) is 25.3 Å². The van der Waals surface area contributed by atoms with Crippen LogP contribution in [-0.2, 0) is 9.59 Å². The molecule has 0 aromatic heterocycles. The summed E-state index contributed by atoms with van der Waals surface area (Å²) in [4.78, 5) is 23.7. The van der Waals surface area contributed by atoms with Crippen LogP contribution < -0.4 is 0 Å². The normalized spacial score (nSPS) is 10.9. The van der Waals surface area contributed by atoms with Gasteiger partial charge in [0.15, 0.2) is 0 Å². The van der Waals surface area contributed by atoms with Gasteiger partial charge in [-0.25, -0.2) is 14.6 Å². The van der Waals surface area contributed by atoms with Gasteiger partial charge in [0.2, 0.25) is 6.08 Å². The van der Waals surface area contributed by atoms with Crippen molar-refractivity contribution in [2.45, 2.75) is 45.4 Å². The second kappa shape index (κ2) is 10.1. The number of hydrogen-bond donors (Lipinski definition) is 1. The van der Waals surface area contributed by atoms with Crippen molar-refractivity contribution in [3.05, 3.63) is 11.6 Å².